The molecular weight excluding hydrogens is 396 g/mol. The topological polar surface area (TPSA) is 94.3 Å². The molecule has 2 aromatic carbocycles. The summed E-state index contributed by atoms with van der Waals surface area (Å²) in [5.74, 6) is 0.0577. The molecule has 0 unspecified atom stereocenters. The number of hydrogen-bond acceptors (Lipinski definition) is 5. The summed E-state index contributed by atoms with van der Waals surface area (Å²) in [7, 11) is 0. The first-order valence-electron chi connectivity index (χ1n) is 7.78. The fourth-order valence-electron chi connectivity index (χ4n) is 2.33. The molecule has 3 rings (SSSR count). The van der Waals surface area contributed by atoms with Crippen molar-refractivity contribution >= 4 is 38.2 Å². The minimum Gasteiger partial charge on any atom is -0.507 e. The Morgan fingerprint density at radius 1 is 1.27 bits per heavy atom. The number of aromatic nitrogens is 2. The lowest BCUT2D eigenvalue weighted by Gasteiger charge is -2.04. The maximum Gasteiger partial charge on any atom is 0.175 e. The summed E-state index contributed by atoms with van der Waals surface area (Å²) in [5.41, 5.74) is 3.08. The lowest BCUT2D eigenvalue weighted by atomic mass is 10.1. The molecule has 0 fully saturated rings. The van der Waals surface area contributed by atoms with Crippen molar-refractivity contribution in [2.45, 2.75) is 6.92 Å². The van der Waals surface area contributed by atoms with E-state index in [0.29, 0.717) is 17.1 Å². The molecule has 26 heavy (non-hydrogen) atoms. The molecule has 0 aliphatic carbocycles. The van der Waals surface area contributed by atoms with Gasteiger partial charge in [0, 0.05) is 4.47 Å². The summed E-state index contributed by atoms with van der Waals surface area (Å²) in [4.78, 5) is 12.5. The zero-order valence-corrected chi connectivity index (χ0v) is 15.5. The maximum absolute atomic E-state index is 10.2. The van der Waals surface area contributed by atoms with Gasteiger partial charge >= 0.3 is 0 Å². The van der Waals surface area contributed by atoms with Gasteiger partial charge in [0.25, 0.3) is 0 Å². The van der Waals surface area contributed by atoms with Gasteiger partial charge in [-0.25, -0.2) is 4.98 Å². The number of H-pyrrole nitrogens is 1. The fraction of sp³-hybridized carbons (Fsp3) is 0.105. The highest BCUT2D eigenvalue weighted by molar-refractivity contribution is 9.10. The average Bonchev–Trinajstić information content (AvgIpc) is 3.06. The van der Waals surface area contributed by atoms with E-state index in [9.17, 15) is 10.4 Å². The number of fused-ring (bicyclic) bond motifs is 1. The second-order valence-electron chi connectivity index (χ2n) is 5.49. The van der Waals surface area contributed by atoms with Crippen molar-refractivity contribution in [1.82, 2.24) is 9.97 Å². The summed E-state index contributed by atoms with van der Waals surface area (Å²) < 4.78 is 0.972. The van der Waals surface area contributed by atoms with E-state index in [2.05, 4.69) is 31.1 Å². The van der Waals surface area contributed by atoms with Crippen LogP contribution in [0.3, 0.4) is 0 Å². The number of hydrogen-bond donors (Lipinski definition) is 2. The number of halogens is 1. The van der Waals surface area contributed by atoms with Gasteiger partial charge in [-0.3, -0.25) is 0 Å². The Balaban J connectivity index is 1.75. The van der Waals surface area contributed by atoms with E-state index in [1.54, 1.807) is 6.92 Å². The van der Waals surface area contributed by atoms with Gasteiger partial charge in [0.1, 0.15) is 11.6 Å². The van der Waals surface area contributed by atoms with E-state index in [1.807, 2.05) is 54.6 Å². The molecule has 0 bridgehead atoms. The number of imidazole rings is 1. The van der Waals surface area contributed by atoms with Gasteiger partial charge in [-0.2, -0.15) is 5.26 Å². The standard InChI is InChI=1S/C19H15BrN4O2/c1-12(13-6-8-14(20)9-7-13)24-26-11-18(25)15(10-21)19-22-16-4-2-3-5-17(16)23-19/h2-9,25H,11H2,1H3,(H,22,23)/b18-15+,24-12?. The van der Waals surface area contributed by atoms with Crippen molar-refractivity contribution in [3.05, 3.63) is 70.2 Å². The van der Waals surface area contributed by atoms with Crippen molar-refractivity contribution in [3.8, 4) is 6.07 Å². The van der Waals surface area contributed by atoms with Gasteiger partial charge in [0.2, 0.25) is 0 Å². The minimum atomic E-state index is -0.237. The Hall–Kier alpha value is -3.11. The molecule has 7 heteroatoms. The van der Waals surface area contributed by atoms with E-state index < -0.39 is 0 Å². The summed E-state index contributed by atoms with van der Waals surface area (Å²) in [6, 6.07) is 17.0. The van der Waals surface area contributed by atoms with Crippen LogP contribution in [-0.4, -0.2) is 27.4 Å². The van der Waals surface area contributed by atoms with Gasteiger partial charge in [-0.05, 0) is 36.8 Å². The van der Waals surface area contributed by atoms with Crippen LogP contribution in [-0.2, 0) is 4.84 Å². The predicted octanol–water partition coefficient (Wildman–Crippen LogP) is 4.56. The maximum atomic E-state index is 10.2. The van der Waals surface area contributed by atoms with Crippen molar-refractivity contribution in [2.24, 2.45) is 5.16 Å². The first-order valence-corrected chi connectivity index (χ1v) is 8.57. The van der Waals surface area contributed by atoms with E-state index in [-0.39, 0.29) is 17.9 Å². The van der Waals surface area contributed by atoms with Crippen LogP contribution >= 0.6 is 15.9 Å². The van der Waals surface area contributed by atoms with Crippen LogP contribution in [0.4, 0.5) is 0 Å². The number of allylic oxidation sites excluding steroid dienone is 1. The minimum absolute atomic E-state index is 0.0256. The van der Waals surface area contributed by atoms with Gasteiger partial charge in [-0.15, -0.1) is 0 Å². The first kappa shape index (κ1) is 17.7. The molecule has 0 aliphatic heterocycles. The quantitative estimate of drug-likeness (QED) is 0.279. The van der Waals surface area contributed by atoms with Crippen LogP contribution in [0.2, 0.25) is 0 Å². The molecule has 6 nitrogen and oxygen atoms in total. The second-order valence-corrected chi connectivity index (χ2v) is 6.41. The summed E-state index contributed by atoms with van der Waals surface area (Å²) >= 11 is 3.38. The van der Waals surface area contributed by atoms with E-state index in [1.165, 1.54) is 0 Å². The third kappa shape index (κ3) is 3.92. The molecule has 1 heterocycles. The highest BCUT2D eigenvalue weighted by atomic mass is 79.9. The molecule has 2 N–H and O–H groups in total. The normalized spacial score (nSPS) is 12.6. The number of nitrogens with zero attached hydrogens (tertiary/aromatic N) is 3. The average molecular weight is 411 g/mol. The number of para-hydroxylation sites is 2. The monoisotopic (exact) mass is 410 g/mol. The summed E-state index contributed by atoms with van der Waals surface area (Å²) in [6.07, 6.45) is 0. The molecule has 0 spiro atoms. The lowest BCUT2D eigenvalue weighted by Crippen LogP contribution is -2.01. The second kappa shape index (κ2) is 7.85. The summed E-state index contributed by atoms with van der Waals surface area (Å²) in [6.45, 7) is 1.57. The van der Waals surface area contributed by atoms with Crippen LogP contribution < -0.4 is 0 Å². The third-order valence-corrected chi connectivity index (χ3v) is 4.22. The largest absolute Gasteiger partial charge is 0.507 e. The number of rotatable bonds is 5. The first-order chi connectivity index (χ1) is 12.6. The van der Waals surface area contributed by atoms with Crippen molar-refractivity contribution in [2.75, 3.05) is 6.61 Å². The van der Waals surface area contributed by atoms with Gasteiger partial charge in [0.05, 0.1) is 16.7 Å². The fourth-order valence-corrected chi connectivity index (χ4v) is 2.60. The zero-order valence-electron chi connectivity index (χ0n) is 13.9. The van der Waals surface area contributed by atoms with Gasteiger partial charge < -0.3 is 14.9 Å². The molecule has 0 radical (unpaired) electrons. The third-order valence-electron chi connectivity index (χ3n) is 3.69. The zero-order chi connectivity index (χ0) is 18.5. The van der Waals surface area contributed by atoms with Crippen LogP contribution in [0.15, 0.2) is 63.9 Å². The van der Waals surface area contributed by atoms with Gasteiger partial charge in [0.15, 0.2) is 18.2 Å². The van der Waals surface area contributed by atoms with Crippen molar-refractivity contribution in [1.29, 1.82) is 5.26 Å². The summed E-state index contributed by atoms with van der Waals surface area (Å²) in [5, 5.41) is 23.6. The highest BCUT2D eigenvalue weighted by Crippen LogP contribution is 2.19. The van der Waals surface area contributed by atoms with E-state index >= 15 is 0 Å². The van der Waals surface area contributed by atoms with E-state index in [0.717, 1.165) is 15.6 Å². The molecular formula is C19H15BrN4O2. The van der Waals surface area contributed by atoms with Gasteiger partial charge in [-0.1, -0.05) is 45.4 Å². The molecule has 0 saturated carbocycles. The molecule has 0 amide bonds. The number of oxime groups is 1. The Kier molecular flexibility index (Phi) is 5.34. The molecule has 0 aliphatic rings. The number of nitriles is 1. The Morgan fingerprint density at radius 2 is 2.00 bits per heavy atom. The lowest BCUT2D eigenvalue weighted by molar-refractivity contribution is 0.137. The molecule has 0 saturated heterocycles. The van der Waals surface area contributed by atoms with E-state index in [4.69, 9.17) is 4.84 Å². The van der Waals surface area contributed by atoms with Crippen LogP contribution in [0, 0.1) is 11.3 Å². The number of nitrogens with one attached hydrogen (secondary N) is 1. The van der Waals surface area contributed by atoms with Crippen LogP contribution in [0.5, 0.6) is 0 Å². The Morgan fingerprint density at radius 3 is 2.69 bits per heavy atom. The highest BCUT2D eigenvalue weighted by Gasteiger charge is 2.13. The molecule has 3 aromatic rings. The number of benzene rings is 2. The smallest absolute Gasteiger partial charge is 0.175 e. The Bertz CT molecular complexity index is 997. The number of aliphatic hydroxyl groups excluding tert-OH is 1. The predicted molar refractivity (Wildman–Crippen MR) is 104 cm³/mol. The van der Waals surface area contributed by atoms with Crippen LogP contribution in [0.1, 0.15) is 18.3 Å². The number of aromatic amines is 1. The van der Waals surface area contributed by atoms with Crippen molar-refractivity contribution < 1.29 is 9.94 Å². The molecule has 1 aromatic heterocycles. The number of aliphatic hydroxyl groups is 1. The van der Waals surface area contributed by atoms with Crippen LogP contribution in [0.25, 0.3) is 16.6 Å². The SMILES string of the molecule is CC(=NOC/C(O)=C(/C#N)c1nc2ccccc2[nH]1)c1ccc(Br)cc1. The molecule has 130 valence electrons. The molecule has 0 atom stereocenters. The Labute approximate surface area is 158 Å². The van der Waals surface area contributed by atoms with Crippen molar-refractivity contribution in [3.63, 3.8) is 0 Å².